The SMILES string of the molecule is CCC(C)c1cnc2ncccn12. The lowest BCUT2D eigenvalue weighted by molar-refractivity contribution is 0.699. The van der Waals surface area contributed by atoms with Gasteiger partial charge in [0.05, 0.1) is 6.20 Å². The minimum absolute atomic E-state index is 0.541. The lowest BCUT2D eigenvalue weighted by Crippen LogP contribution is -1.97. The molecule has 0 aliphatic carbocycles. The molecule has 0 fully saturated rings. The Morgan fingerprint density at radius 3 is 3.08 bits per heavy atom. The van der Waals surface area contributed by atoms with Gasteiger partial charge in [0.2, 0.25) is 5.78 Å². The molecule has 0 aromatic carbocycles. The van der Waals surface area contributed by atoms with E-state index < -0.39 is 0 Å². The van der Waals surface area contributed by atoms with Crippen LogP contribution in [0.4, 0.5) is 0 Å². The monoisotopic (exact) mass is 175 g/mol. The Hall–Kier alpha value is -1.38. The lowest BCUT2D eigenvalue weighted by Gasteiger charge is -2.06. The van der Waals surface area contributed by atoms with Crippen molar-refractivity contribution < 1.29 is 0 Å². The van der Waals surface area contributed by atoms with E-state index in [1.807, 2.05) is 22.9 Å². The van der Waals surface area contributed by atoms with Gasteiger partial charge < -0.3 is 0 Å². The molecule has 0 aliphatic rings. The third-order valence-corrected chi connectivity index (χ3v) is 2.43. The highest BCUT2D eigenvalue weighted by atomic mass is 15.1. The van der Waals surface area contributed by atoms with Crippen LogP contribution >= 0.6 is 0 Å². The summed E-state index contributed by atoms with van der Waals surface area (Å²) in [6.07, 6.45) is 6.82. The molecule has 0 amide bonds. The number of hydrogen-bond acceptors (Lipinski definition) is 2. The molecule has 0 spiro atoms. The smallest absolute Gasteiger partial charge is 0.233 e. The predicted octanol–water partition coefficient (Wildman–Crippen LogP) is 2.24. The van der Waals surface area contributed by atoms with E-state index in [0.29, 0.717) is 5.92 Å². The number of imidazole rings is 1. The van der Waals surface area contributed by atoms with Gasteiger partial charge in [-0.1, -0.05) is 13.8 Å². The molecule has 0 aliphatic heterocycles. The molecular weight excluding hydrogens is 162 g/mol. The maximum absolute atomic E-state index is 4.24. The van der Waals surface area contributed by atoms with Crippen molar-refractivity contribution >= 4 is 5.78 Å². The summed E-state index contributed by atoms with van der Waals surface area (Å²) in [5, 5.41) is 0. The predicted molar refractivity (Wildman–Crippen MR) is 51.7 cm³/mol. The molecule has 1 atom stereocenters. The van der Waals surface area contributed by atoms with Crippen molar-refractivity contribution in [3.63, 3.8) is 0 Å². The Bertz CT molecular complexity index is 405. The normalized spacial score (nSPS) is 13.4. The first-order valence-corrected chi connectivity index (χ1v) is 4.61. The number of fused-ring (bicyclic) bond motifs is 1. The summed E-state index contributed by atoms with van der Waals surface area (Å²) in [6.45, 7) is 4.39. The first-order chi connectivity index (χ1) is 6.33. The average Bonchev–Trinajstić information content (AvgIpc) is 2.60. The van der Waals surface area contributed by atoms with Gasteiger partial charge in [0.25, 0.3) is 0 Å². The Morgan fingerprint density at radius 2 is 2.31 bits per heavy atom. The Labute approximate surface area is 77.4 Å². The maximum Gasteiger partial charge on any atom is 0.233 e. The van der Waals surface area contributed by atoms with Crippen molar-refractivity contribution in [3.8, 4) is 0 Å². The fourth-order valence-electron chi connectivity index (χ4n) is 1.42. The van der Waals surface area contributed by atoms with Gasteiger partial charge in [-0.3, -0.25) is 4.40 Å². The summed E-state index contributed by atoms with van der Waals surface area (Å²) < 4.78 is 2.05. The minimum Gasteiger partial charge on any atom is -0.288 e. The van der Waals surface area contributed by atoms with Gasteiger partial charge in [-0.25, -0.2) is 9.97 Å². The summed E-state index contributed by atoms with van der Waals surface area (Å²) in [5.41, 5.74) is 1.24. The van der Waals surface area contributed by atoms with Crippen molar-refractivity contribution in [2.75, 3.05) is 0 Å². The van der Waals surface area contributed by atoms with Crippen molar-refractivity contribution in [1.82, 2.24) is 14.4 Å². The summed E-state index contributed by atoms with van der Waals surface area (Å²) >= 11 is 0. The second-order valence-corrected chi connectivity index (χ2v) is 3.28. The number of hydrogen-bond donors (Lipinski definition) is 0. The van der Waals surface area contributed by atoms with Crippen LogP contribution in [-0.2, 0) is 0 Å². The molecule has 0 N–H and O–H groups in total. The first kappa shape index (κ1) is 8.23. The van der Waals surface area contributed by atoms with Crippen LogP contribution in [0, 0.1) is 0 Å². The summed E-state index contributed by atoms with van der Waals surface area (Å²) in [6, 6.07) is 1.93. The average molecular weight is 175 g/mol. The first-order valence-electron chi connectivity index (χ1n) is 4.61. The van der Waals surface area contributed by atoms with Gasteiger partial charge in [0, 0.05) is 18.1 Å². The van der Waals surface area contributed by atoms with Crippen LogP contribution in [-0.4, -0.2) is 14.4 Å². The maximum atomic E-state index is 4.24. The van der Waals surface area contributed by atoms with Crippen molar-refractivity contribution in [2.24, 2.45) is 0 Å². The van der Waals surface area contributed by atoms with E-state index >= 15 is 0 Å². The Kier molecular flexibility index (Phi) is 2.00. The van der Waals surface area contributed by atoms with Gasteiger partial charge in [-0.15, -0.1) is 0 Å². The summed E-state index contributed by atoms with van der Waals surface area (Å²) in [5.74, 6) is 1.33. The van der Waals surface area contributed by atoms with Crippen LogP contribution in [0.2, 0.25) is 0 Å². The quantitative estimate of drug-likeness (QED) is 0.700. The van der Waals surface area contributed by atoms with E-state index in [-0.39, 0.29) is 0 Å². The fourth-order valence-corrected chi connectivity index (χ4v) is 1.42. The topological polar surface area (TPSA) is 30.2 Å². The van der Waals surface area contributed by atoms with Gasteiger partial charge in [-0.05, 0) is 18.4 Å². The molecule has 2 heterocycles. The lowest BCUT2D eigenvalue weighted by atomic mass is 10.1. The van der Waals surface area contributed by atoms with E-state index in [0.717, 1.165) is 12.2 Å². The molecule has 13 heavy (non-hydrogen) atoms. The summed E-state index contributed by atoms with van der Waals surface area (Å²) in [4.78, 5) is 8.41. The third kappa shape index (κ3) is 1.30. The second kappa shape index (κ2) is 3.17. The van der Waals surface area contributed by atoms with Crippen LogP contribution < -0.4 is 0 Å². The van der Waals surface area contributed by atoms with Crippen LogP contribution in [0.3, 0.4) is 0 Å². The molecule has 0 bridgehead atoms. The number of aromatic nitrogens is 3. The molecule has 0 saturated heterocycles. The largest absolute Gasteiger partial charge is 0.288 e. The molecular formula is C10H13N3. The molecule has 3 nitrogen and oxygen atoms in total. The molecule has 2 aromatic rings. The van der Waals surface area contributed by atoms with Crippen molar-refractivity contribution in [3.05, 3.63) is 30.4 Å². The van der Waals surface area contributed by atoms with Gasteiger partial charge in [0.1, 0.15) is 0 Å². The second-order valence-electron chi connectivity index (χ2n) is 3.28. The highest BCUT2D eigenvalue weighted by Gasteiger charge is 2.08. The molecule has 0 saturated carbocycles. The Balaban J connectivity index is 2.57. The molecule has 1 unspecified atom stereocenters. The highest BCUT2D eigenvalue weighted by molar-refractivity contribution is 5.31. The molecule has 0 radical (unpaired) electrons. The van der Waals surface area contributed by atoms with Crippen molar-refractivity contribution in [2.45, 2.75) is 26.2 Å². The number of nitrogens with zero attached hydrogens (tertiary/aromatic N) is 3. The van der Waals surface area contributed by atoms with Crippen LogP contribution in [0.1, 0.15) is 31.9 Å². The number of rotatable bonds is 2. The van der Waals surface area contributed by atoms with E-state index in [4.69, 9.17) is 0 Å². The van der Waals surface area contributed by atoms with Crippen LogP contribution in [0.5, 0.6) is 0 Å². The van der Waals surface area contributed by atoms with E-state index in [1.54, 1.807) is 6.20 Å². The van der Waals surface area contributed by atoms with Gasteiger partial charge in [-0.2, -0.15) is 0 Å². The molecule has 68 valence electrons. The zero-order valence-corrected chi connectivity index (χ0v) is 7.94. The zero-order chi connectivity index (χ0) is 9.26. The molecule has 3 heteroatoms. The van der Waals surface area contributed by atoms with Crippen LogP contribution in [0.25, 0.3) is 5.78 Å². The minimum atomic E-state index is 0.541. The van der Waals surface area contributed by atoms with E-state index in [1.165, 1.54) is 5.69 Å². The fraction of sp³-hybridized carbons (Fsp3) is 0.400. The third-order valence-electron chi connectivity index (χ3n) is 2.43. The van der Waals surface area contributed by atoms with Gasteiger partial charge >= 0.3 is 0 Å². The van der Waals surface area contributed by atoms with Crippen LogP contribution in [0.15, 0.2) is 24.7 Å². The molecule has 2 rings (SSSR count). The van der Waals surface area contributed by atoms with Gasteiger partial charge in [0.15, 0.2) is 0 Å². The van der Waals surface area contributed by atoms with E-state index in [2.05, 4.69) is 23.8 Å². The zero-order valence-electron chi connectivity index (χ0n) is 7.94. The van der Waals surface area contributed by atoms with E-state index in [9.17, 15) is 0 Å². The Morgan fingerprint density at radius 1 is 1.46 bits per heavy atom. The standard InChI is InChI=1S/C10H13N3/c1-3-8(2)9-7-12-10-11-5-4-6-13(9)10/h4-8H,3H2,1-2H3. The summed E-state index contributed by atoms with van der Waals surface area (Å²) in [7, 11) is 0. The molecule has 2 aromatic heterocycles. The highest BCUT2D eigenvalue weighted by Crippen LogP contribution is 2.18. The van der Waals surface area contributed by atoms with Crippen molar-refractivity contribution in [1.29, 1.82) is 0 Å².